The summed E-state index contributed by atoms with van der Waals surface area (Å²) < 4.78 is 5.50. The van der Waals surface area contributed by atoms with Gasteiger partial charge in [-0.1, -0.05) is 24.3 Å². The number of rotatable bonds is 4. The maximum absolute atomic E-state index is 12.4. The predicted molar refractivity (Wildman–Crippen MR) is 120 cm³/mol. The second-order valence-electron chi connectivity index (χ2n) is 9.73. The third-order valence-corrected chi connectivity index (χ3v) is 6.03. The molecule has 0 bridgehead atoms. The highest BCUT2D eigenvalue weighted by molar-refractivity contribution is 5.82. The van der Waals surface area contributed by atoms with E-state index in [4.69, 9.17) is 4.74 Å². The Balaban J connectivity index is 1.21. The molecule has 3 aliphatic heterocycles. The molecule has 8 heteroatoms. The topological polar surface area (TPSA) is 80.6 Å². The fourth-order valence-corrected chi connectivity index (χ4v) is 4.50. The number of benzene rings is 1. The zero-order chi connectivity index (χ0) is 22.0. The van der Waals surface area contributed by atoms with E-state index in [-0.39, 0.29) is 12.1 Å². The van der Waals surface area contributed by atoms with Gasteiger partial charge < -0.3 is 25.0 Å². The summed E-state index contributed by atoms with van der Waals surface area (Å²) in [6, 6.07) is 8.71. The van der Waals surface area contributed by atoms with Gasteiger partial charge in [0.05, 0.1) is 18.7 Å². The van der Waals surface area contributed by atoms with E-state index < -0.39 is 11.7 Å². The van der Waals surface area contributed by atoms with Crippen molar-refractivity contribution >= 4 is 12.1 Å². The van der Waals surface area contributed by atoms with Crippen LogP contribution in [-0.4, -0.2) is 95.4 Å². The molecule has 0 aliphatic carbocycles. The Labute approximate surface area is 184 Å². The standard InChI is InChI=1S/C23H35N5O3/c1-23(2,3)31-22(30)27-10-11-28-19(15-27)12-24-21(28)25-13-20(29)16-26-9-8-17-6-4-5-7-18(17)14-26/h4-7,19-20,29H,8-16H2,1-3H3,(H,24,25). The first-order valence-electron chi connectivity index (χ1n) is 11.3. The van der Waals surface area contributed by atoms with Crippen molar-refractivity contribution in [1.29, 1.82) is 0 Å². The number of nitrogens with one attached hydrogen (secondary N) is 1. The maximum atomic E-state index is 12.4. The summed E-state index contributed by atoms with van der Waals surface area (Å²) in [5.74, 6) is 0.830. The molecule has 1 amide bonds. The number of β-amino-alcohol motifs (C(OH)–C–C–N with tert-alkyl or cyclic N) is 1. The van der Waals surface area contributed by atoms with Gasteiger partial charge in [-0.25, -0.2) is 4.79 Å². The second-order valence-corrected chi connectivity index (χ2v) is 9.73. The van der Waals surface area contributed by atoms with E-state index in [1.165, 1.54) is 11.1 Å². The SMILES string of the molecule is CC(C)(C)OC(=O)N1CCN2C(NCC(O)CN3CCc4ccccc4C3)=NCC2C1. The molecular formula is C23H35N5O3. The number of aliphatic hydroxyl groups is 1. The molecule has 4 rings (SSSR count). The second kappa shape index (κ2) is 9.04. The lowest BCUT2D eigenvalue weighted by atomic mass is 10.00. The molecule has 1 aromatic rings. The quantitative estimate of drug-likeness (QED) is 0.751. The van der Waals surface area contributed by atoms with E-state index in [0.29, 0.717) is 32.7 Å². The highest BCUT2D eigenvalue weighted by Crippen LogP contribution is 2.20. The third kappa shape index (κ3) is 5.49. The molecule has 0 spiro atoms. The number of hydrogen-bond donors (Lipinski definition) is 2. The van der Waals surface area contributed by atoms with Crippen molar-refractivity contribution in [3.8, 4) is 0 Å². The molecule has 31 heavy (non-hydrogen) atoms. The monoisotopic (exact) mass is 429 g/mol. The Hall–Kier alpha value is -2.32. The molecule has 3 aliphatic rings. The van der Waals surface area contributed by atoms with Crippen LogP contribution in [0.3, 0.4) is 0 Å². The van der Waals surface area contributed by atoms with Gasteiger partial charge in [-0.15, -0.1) is 0 Å². The predicted octanol–water partition coefficient (Wildman–Crippen LogP) is 1.29. The maximum Gasteiger partial charge on any atom is 0.410 e. The van der Waals surface area contributed by atoms with E-state index in [1.54, 1.807) is 4.90 Å². The Kier molecular flexibility index (Phi) is 6.39. The first kappa shape index (κ1) is 21.9. The van der Waals surface area contributed by atoms with Crippen LogP contribution in [0.1, 0.15) is 31.9 Å². The number of hydrogen-bond acceptors (Lipinski definition) is 7. The van der Waals surface area contributed by atoms with Gasteiger partial charge in [0.15, 0.2) is 5.96 Å². The normalized spacial score (nSPS) is 22.5. The lowest BCUT2D eigenvalue weighted by Gasteiger charge is -2.39. The number of guanidine groups is 1. The van der Waals surface area contributed by atoms with Crippen molar-refractivity contribution in [2.75, 3.05) is 45.8 Å². The van der Waals surface area contributed by atoms with E-state index in [2.05, 4.69) is 44.4 Å². The number of nitrogens with zero attached hydrogens (tertiary/aromatic N) is 4. The summed E-state index contributed by atoms with van der Waals surface area (Å²) in [5.41, 5.74) is 2.29. The fourth-order valence-electron chi connectivity index (χ4n) is 4.50. The van der Waals surface area contributed by atoms with Crippen molar-refractivity contribution in [1.82, 2.24) is 20.0 Å². The Bertz CT molecular complexity index is 822. The zero-order valence-corrected chi connectivity index (χ0v) is 18.9. The van der Waals surface area contributed by atoms with Gasteiger partial charge >= 0.3 is 6.09 Å². The van der Waals surface area contributed by atoms with Crippen LogP contribution in [0.5, 0.6) is 0 Å². The average Bonchev–Trinajstić information content (AvgIpc) is 3.13. The summed E-state index contributed by atoms with van der Waals surface area (Å²) >= 11 is 0. The van der Waals surface area contributed by atoms with Gasteiger partial charge in [0.1, 0.15) is 5.60 Å². The van der Waals surface area contributed by atoms with Crippen molar-refractivity contribution < 1.29 is 14.6 Å². The summed E-state index contributed by atoms with van der Waals surface area (Å²) in [5, 5.41) is 13.9. The van der Waals surface area contributed by atoms with Crippen LogP contribution in [0, 0.1) is 0 Å². The van der Waals surface area contributed by atoms with Gasteiger partial charge in [-0.3, -0.25) is 9.89 Å². The molecule has 0 radical (unpaired) electrons. The van der Waals surface area contributed by atoms with Crippen LogP contribution in [0.4, 0.5) is 4.79 Å². The van der Waals surface area contributed by atoms with Crippen LogP contribution < -0.4 is 5.32 Å². The molecule has 1 fully saturated rings. The first-order valence-corrected chi connectivity index (χ1v) is 11.3. The number of carbonyl (C=O) groups excluding carboxylic acids is 1. The summed E-state index contributed by atoms with van der Waals surface area (Å²) in [6.07, 6.45) is 0.314. The Morgan fingerprint density at radius 3 is 2.81 bits per heavy atom. The first-order chi connectivity index (χ1) is 14.8. The number of carbonyl (C=O) groups is 1. The van der Waals surface area contributed by atoms with Crippen LogP contribution in [-0.2, 0) is 17.7 Å². The van der Waals surface area contributed by atoms with E-state index >= 15 is 0 Å². The number of aliphatic imine (C=N–C) groups is 1. The Morgan fingerprint density at radius 1 is 1.26 bits per heavy atom. The highest BCUT2D eigenvalue weighted by Gasteiger charge is 2.36. The van der Waals surface area contributed by atoms with Crippen LogP contribution in [0.2, 0.25) is 0 Å². The molecular weight excluding hydrogens is 394 g/mol. The third-order valence-electron chi connectivity index (χ3n) is 6.03. The molecule has 0 saturated carbocycles. The van der Waals surface area contributed by atoms with E-state index in [0.717, 1.165) is 32.0 Å². The van der Waals surface area contributed by atoms with Crippen molar-refractivity contribution in [2.45, 2.75) is 51.5 Å². The number of ether oxygens (including phenoxy) is 1. The molecule has 2 atom stereocenters. The molecule has 1 aromatic carbocycles. The van der Waals surface area contributed by atoms with Gasteiger partial charge in [0, 0.05) is 45.8 Å². The van der Waals surface area contributed by atoms with Gasteiger partial charge in [-0.05, 0) is 38.3 Å². The minimum absolute atomic E-state index is 0.166. The molecule has 2 N–H and O–H groups in total. The smallest absolute Gasteiger partial charge is 0.410 e. The lowest BCUT2D eigenvalue weighted by Crippen LogP contribution is -2.58. The van der Waals surface area contributed by atoms with Crippen molar-refractivity contribution in [3.63, 3.8) is 0 Å². The minimum Gasteiger partial charge on any atom is -0.444 e. The largest absolute Gasteiger partial charge is 0.444 e. The van der Waals surface area contributed by atoms with Gasteiger partial charge in [0.2, 0.25) is 0 Å². The van der Waals surface area contributed by atoms with Gasteiger partial charge in [0.25, 0.3) is 0 Å². The van der Waals surface area contributed by atoms with E-state index in [1.807, 2.05) is 20.8 Å². The van der Waals surface area contributed by atoms with Crippen LogP contribution in [0.25, 0.3) is 0 Å². The van der Waals surface area contributed by atoms with Gasteiger partial charge in [-0.2, -0.15) is 0 Å². The fraction of sp³-hybridized carbons (Fsp3) is 0.652. The minimum atomic E-state index is -0.486. The summed E-state index contributed by atoms with van der Waals surface area (Å²) in [6.45, 7) is 11.2. The zero-order valence-electron chi connectivity index (χ0n) is 18.9. The molecule has 1 saturated heterocycles. The molecule has 3 heterocycles. The Morgan fingerprint density at radius 2 is 2.03 bits per heavy atom. The molecule has 0 aromatic heterocycles. The average molecular weight is 430 g/mol. The molecule has 2 unspecified atom stereocenters. The molecule has 8 nitrogen and oxygen atoms in total. The highest BCUT2D eigenvalue weighted by atomic mass is 16.6. The number of amides is 1. The summed E-state index contributed by atoms with van der Waals surface area (Å²) in [7, 11) is 0. The number of fused-ring (bicyclic) bond motifs is 2. The van der Waals surface area contributed by atoms with Crippen molar-refractivity contribution in [3.05, 3.63) is 35.4 Å². The lowest BCUT2D eigenvalue weighted by molar-refractivity contribution is 0.0137. The summed E-state index contributed by atoms with van der Waals surface area (Å²) in [4.78, 5) is 23.3. The molecule has 170 valence electrons. The van der Waals surface area contributed by atoms with E-state index in [9.17, 15) is 9.90 Å². The number of piperazine rings is 1. The van der Waals surface area contributed by atoms with Crippen LogP contribution in [0.15, 0.2) is 29.3 Å². The number of aliphatic hydroxyl groups excluding tert-OH is 1. The van der Waals surface area contributed by atoms with Crippen LogP contribution >= 0.6 is 0 Å². The van der Waals surface area contributed by atoms with Crippen molar-refractivity contribution in [2.24, 2.45) is 4.99 Å².